The first-order valence-electron chi connectivity index (χ1n) is 7.33. The van der Waals surface area contributed by atoms with E-state index in [0.29, 0.717) is 23.0 Å². The monoisotopic (exact) mass is 313 g/mol. The van der Waals surface area contributed by atoms with Crippen molar-refractivity contribution in [3.63, 3.8) is 0 Å². The quantitative estimate of drug-likeness (QED) is 0.899. The molecular formula is C16H21ClFNO2. The molecular weight excluding hydrogens is 293 g/mol. The van der Waals surface area contributed by atoms with E-state index >= 15 is 0 Å². The molecule has 1 heterocycles. The molecule has 0 aromatic heterocycles. The van der Waals surface area contributed by atoms with Gasteiger partial charge in [0.15, 0.2) is 0 Å². The molecule has 21 heavy (non-hydrogen) atoms. The second-order valence-electron chi connectivity index (χ2n) is 5.95. The van der Waals surface area contributed by atoms with Gasteiger partial charge in [0, 0.05) is 30.1 Å². The van der Waals surface area contributed by atoms with Gasteiger partial charge >= 0.3 is 5.97 Å². The van der Waals surface area contributed by atoms with Crippen molar-refractivity contribution in [2.45, 2.75) is 32.7 Å². The minimum Gasteiger partial charge on any atom is -0.481 e. The van der Waals surface area contributed by atoms with Crippen molar-refractivity contribution in [1.82, 2.24) is 4.90 Å². The van der Waals surface area contributed by atoms with Crippen molar-refractivity contribution >= 4 is 17.6 Å². The van der Waals surface area contributed by atoms with Gasteiger partial charge in [-0.3, -0.25) is 9.69 Å². The SMILES string of the molecule is CC(CC(=O)O)C1CCCN(Cc2cc(Cl)ccc2F)C1. The zero-order chi connectivity index (χ0) is 15.4. The molecule has 0 saturated carbocycles. The topological polar surface area (TPSA) is 40.5 Å². The lowest BCUT2D eigenvalue weighted by Gasteiger charge is -2.35. The van der Waals surface area contributed by atoms with E-state index in [0.717, 1.165) is 25.9 Å². The molecule has 0 spiro atoms. The molecule has 1 N–H and O–H groups in total. The van der Waals surface area contributed by atoms with Crippen LogP contribution in [0.25, 0.3) is 0 Å². The van der Waals surface area contributed by atoms with Crippen LogP contribution in [0.2, 0.25) is 5.02 Å². The van der Waals surface area contributed by atoms with Gasteiger partial charge in [0.1, 0.15) is 5.82 Å². The lowest BCUT2D eigenvalue weighted by Crippen LogP contribution is -2.38. The first kappa shape index (κ1) is 16.2. The number of rotatable bonds is 5. The highest BCUT2D eigenvalue weighted by Gasteiger charge is 2.26. The van der Waals surface area contributed by atoms with E-state index in [1.54, 1.807) is 12.1 Å². The van der Waals surface area contributed by atoms with E-state index < -0.39 is 5.97 Å². The van der Waals surface area contributed by atoms with E-state index in [1.165, 1.54) is 6.07 Å². The van der Waals surface area contributed by atoms with E-state index in [1.807, 2.05) is 6.92 Å². The fraction of sp³-hybridized carbons (Fsp3) is 0.562. The van der Waals surface area contributed by atoms with E-state index in [9.17, 15) is 9.18 Å². The minimum atomic E-state index is -0.750. The van der Waals surface area contributed by atoms with Crippen LogP contribution in [-0.2, 0) is 11.3 Å². The third-order valence-corrected chi connectivity index (χ3v) is 4.48. The van der Waals surface area contributed by atoms with Gasteiger partial charge < -0.3 is 5.11 Å². The predicted octanol–water partition coefficient (Wildman–Crippen LogP) is 3.80. The number of hydrogen-bond donors (Lipinski definition) is 1. The standard InChI is InChI=1S/C16H21ClFNO2/c1-11(7-16(20)21)12-3-2-6-19(9-12)10-13-8-14(17)4-5-15(13)18/h4-5,8,11-12H,2-3,6-7,9-10H2,1H3,(H,20,21). The lowest BCUT2D eigenvalue weighted by molar-refractivity contribution is -0.138. The maximum Gasteiger partial charge on any atom is 0.303 e. The summed E-state index contributed by atoms with van der Waals surface area (Å²) in [5.74, 6) is -0.479. The lowest BCUT2D eigenvalue weighted by atomic mass is 9.84. The highest BCUT2D eigenvalue weighted by molar-refractivity contribution is 6.30. The molecule has 116 valence electrons. The van der Waals surface area contributed by atoms with E-state index in [-0.39, 0.29) is 18.2 Å². The van der Waals surface area contributed by atoms with Gasteiger partial charge in [0.05, 0.1) is 0 Å². The number of likely N-dealkylation sites (tertiary alicyclic amines) is 1. The van der Waals surface area contributed by atoms with Crippen molar-refractivity contribution in [2.24, 2.45) is 11.8 Å². The van der Waals surface area contributed by atoms with Crippen molar-refractivity contribution in [3.05, 3.63) is 34.6 Å². The predicted molar refractivity (Wildman–Crippen MR) is 80.8 cm³/mol. The van der Waals surface area contributed by atoms with Gasteiger partial charge in [-0.15, -0.1) is 0 Å². The summed E-state index contributed by atoms with van der Waals surface area (Å²) in [6.45, 7) is 4.26. The first-order chi connectivity index (χ1) is 9.95. The molecule has 3 nitrogen and oxygen atoms in total. The van der Waals surface area contributed by atoms with Crippen LogP contribution in [0.15, 0.2) is 18.2 Å². The third-order valence-electron chi connectivity index (χ3n) is 4.25. The number of piperidine rings is 1. The fourth-order valence-electron chi connectivity index (χ4n) is 3.05. The molecule has 1 fully saturated rings. The van der Waals surface area contributed by atoms with Gasteiger partial charge in [-0.2, -0.15) is 0 Å². The number of carboxylic acids is 1. The Morgan fingerprint density at radius 3 is 3.05 bits per heavy atom. The smallest absolute Gasteiger partial charge is 0.303 e. The van der Waals surface area contributed by atoms with Crippen molar-refractivity contribution in [3.8, 4) is 0 Å². The summed E-state index contributed by atoms with van der Waals surface area (Å²) in [5, 5.41) is 9.45. The second-order valence-corrected chi connectivity index (χ2v) is 6.38. The zero-order valence-corrected chi connectivity index (χ0v) is 12.9. The van der Waals surface area contributed by atoms with Gasteiger partial charge in [0.25, 0.3) is 0 Å². The second kappa shape index (κ2) is 7.23. The molecule has 1 aromatic rings. The molecule has 2 unspecified atom stereocenters. The Hall–Kier alpha value is -1.13. The summed E-state index contributed by atoms with van der Waals surface area (Å²) in [5.41, 5.74) is 0.606. The summed E-state index contributed by atoms with van der Waals surface area (Å²) in [6.07, 6.45) is 2.27. The average molecular weight is 314 g/mol. The average Bonchev–Trinajstić information content (AvgIpc) is 2.42. The summed E-state index contributed by atoms with van der Waals surface area (Å²) in [4.78, 5) is 13.0. The highest BCUT2D eigenvalue weighted by Crippen LogP contribution is 2.27. The Morgan fingerprint density at radius 2 is 2.33 bits per heavy atom. The number of carboxylic acid groups (broad SMARTS) is 1. The zero-order valence-electron chi connectivity index (χ0n) is 12.2. The van der Waals surface area contributed by atoms with Crippen molar-refractivity contribution in [1.29, 1.82) is 0 Å². The van der Waals surface area contributed by atoms with Crippen LogP contribution in [0, 0.1) is 17.7 Å². The van der Waals surface area contributed by atoms with Crippen molar-refractivity contribution in [2.75, 3.05) is 13.1 Å². The number of benzene rings is 1. The Bertz CT molecular complexity index is 509. The van der Waals surface area contributed by atoms with Crippen molar-refractivity contribution < 1.29 is 14.3 Å². The van der Waals surface area contributed by atoms with Gasteiger partial charge in [0.2, 0.25) is 0 Å². The minimum absolute atomic E-state index is 0.148. The maximum atomic E-state index is 13.8. The van der Waals surface area contributed by atoms with Gasteiger partial charge in [-0.1, -0.05) is 18.5 Å². The normalized spacial score (nSPS) is 21.2. The molecule has 1 aromatic carbocycles. The maximum absolute atomic E-state index is 13.8. The van der Waals surface area contributed by atoms with Crippen LogP contribution in [0.5, 0.6) is 0 Å². The van der Waals surface area contributed by atoms with Crippen LogP contribution in [0.4, 0.5) is 4.39 Å². The van der Waals surface area contributed by atoms with Crippen LogP contribution < -0.4 is 0 Å². The first-order valence-corrected chi connectivity index (χ1v) is 7.71. The molecule has 0 bridgehead atoms. The fourth-order valence-corrected chi connectivity index (χ4v) is 3.24. The number of carbonyl (C=O) groups is 1. The molecule has 2 rings (SSSR count). The molecule has 1 saturated heterocycles. The molecule has 0 amide bonds. The molecule has 2 atom stereocenters. The molecule has 1 aliphatic rings. The Kier molecular flexibility index (Phi) is 5.59. The van der Waals surface area contributed by atoms with Crippen LogP contribution in [-0.4, -0.2) is 29.1 Å². The molecule has 1 aliphatic heterocycles. The van der Waals surface area contributed by atoms with E-state index in [4.69, 9.17) is 16.7 Å². The largest absolute Gasteiger partial charge is 0.481 e. The van der Waals surface area contributed by atoms with E-state index in [2.05, 4.69) is 4.90 Å². The third kappa shape index (κ3) is 4.68. The Labute approximate surface area is 129 Å². The number of halogens is 2. The van der Waals surface area contributed by atoms with Gasteiger partial charge in [-0.25, -0.2) is 4.39 Å². The van der Waals surface area contributed by atoms with Crippen LogP contribution >= 0.6 is 11.6 Å². The molecule has 0 radical (unpaired) electrons. The molecule has 0 aliphatic carbocycles. The number of aliphatic carboxylic acids is 1. The van der Waals surface area contributed by atoms with Crippen LogP contribution in [0.3, 0.4) is 0 Å². The number of nitrogens with zero attached hydrogens (tertiary/aromatic N) is 1. The number of hydrogen-bond acceptors (Lipinski definition) is 2. The molecule has 5 heteroatoms. The highest BCUT2D eigenvalue weighted by atomic mass is 35.5. The van der Waals surface area contributed by atoms with Gasteiger partial charge in [-0.05, 0) is 49.4 Å². The Balaban J connectivity index is 1.98. The summed E-state index contributed by atoms with van der Waals surface area (Å²) >= 11 is 5.92. The summed E-state index contributed by atoms with van der Waals surface area (Å²) in [7, 11) is 0. The van der Waals surface area contributed by atoms with Crippen LogP contribution in [0.1, 0.15) is 31.7 Å². The Morgan fingerprint density at radius 1 is 1.57 bits per heavy atom. The summed E-state index contributed by atoms with van der Waals surface area (Å²) < 4.78 is 13.8. The summed E-state index contributed by atoms with van der Waals surface area (Å²) in [6, 6.07) is 4.61.